The third kappa shape index (κ3) is 2.96. The van der Waals surface area contributed by atoms with Crippen LogP contribution in [0.5, 0.6) is 0 Å². The molecule has 14 heavy (non-hydrogen) atoms. The fourth-order valence-corrected chi connectivity index (χ4v) is 1.56. The second-order valence-electron chi connectivity index (χ2n) is 2.81. The van der Waals surface area contributed by atoms with Gasteiger partial charge < -0.3 is 5.11 Å². The number of hydrogen-bond donors (Lipinski definition) is 1. The molecule has 0 saturated carbocycles. The summed E-state index contributed by atoms with van der Waals surface area (Å²) >= 11 is 6.69. The molecule has 2 nitrogen and oxygen atoms in total. The van der Waals surface area contributed by atoms with E-state index in [-0.39, 0.29) is 0 Å². The van der Waals surface area contributed by atoms with Crippen LogP contribution in [-0.4, -0.2) is 11.1 Å². The van der Waals surface area contributed by atoms with Crippen LogP contribution in [0.1, 0.15) is 12.5 Å². The van der Waals surface area contributed by atoms with Gasteiger partial charge in [0.1, 0.15) is 0 Å². The van der Waals surface area contributed by atoms with Crippen molar-refractivity contribution in [1.29, 1.82) is 0 Å². The molecule has 0 aliphatic carbocycles. The smallest absolute Gasteiger partial charge is 0.331 e. The van der Waals surface area contributed by atoms with Gasteiger partial charge in [-0.25, -0.2) is 4.79 Å². The molecule has 0 amide bonds. The molecule has 74 valence electrons. The Morgan fingerprint density at radius 3 is 2.50 bits per heavy atom. The molecule has 0 bridgehead atoms. The number of rotatable bonds is 2. The van der Waals surface area contributed by atoms with Gasteiger partial charge in [-0.15, -0.1) is 0 Å². The number of hydrogen-bond acceptors (Lipinski definition) is 1. The van der Waals surface area contributed by atoms with Crippen LogP contribution in [0.3, 0.4) is 0 Å². The van der Waals surface area contributed by atoms with Crippen molar-refractivity contribution in [3.05, 3.63) is 38.3 Å². The third-order valence-corrected chi connectivity index (χ3v) is 3.54. The Hall–Kier alpha value is -0.610. The van der Waals surface area contributed by atoms with Crippen LogP contribution >= 0.6 is 31.9 Å². The summed E-state index contributed by atoms with van der Waals surface area (Å²) in [6.07, 6.45) is 1.62. The Kier molecular flexibility index (Phi) is 3.89. The SMILES string of the molecule is C/C(=C/c1ccc(Br)c(Br)c1)C(=O)O. The van der Waals surface area contributed by atoms with Crippen LogP contribution in [0, 0.1) is 0 Å². The second-order valence-corrected chi connectivity index (χ2v) is 4.51. The van der Waals surface area contributed by atoms with Crippen molar-refractivity contribution >= 4 is 43.9 Å². The monoisotopic (exact) mass is 318 g/mol. The van der Waals surface area contributed by atoms with E-state index in [0.717, 1.165) is 14.5 Å². The number of carboxylic acids is 1. The van der Waals surface area contributed by atoms with Crippen molar-refractivity contribution in [2.45, 2.75) is 6.92 Å². The lowest BCUT2D eigenvalue weighted by molar-refractivity contribution is -0.132. The van der Waals surface area contributed by atoms with E-state index >= 15 is 0 Å². The number of benzene rings is 1. The Morgan fingerprint density at radius 2 is 2.00 bits per heavy atom. The lowest BCUT2D eigenvalue weighted by atomic mass is 10.1. The topological polar surface area (TPSA) is 37.3 Å². The van der Waals surface area contributed by atoms with E-state index < -0.39 is 5.97 Å². The van der Waals surface area contributed by atoms with Crippen LogP contribution in [0.4, 0.5) is 0 Å². The van der Waals surface area contributed by atoms with Crippen LogP contribution in [0.2, 0.25) is 0 Å². The summed E-state index contributed by atoms with van der Waals surface area (Å²) < 4.78 is 1.85. The quantitative estimate of drug-likeness (QED) is 0.844. The zero-order chi connectivity index (χ0) is 10.7. The van der Waals surface area contributed by atoms with E-state index in [0.29, 0.717) is 5.57 Å². The molecule has 0 radical (unpaired) electrons. The van der Waals surface area contributed by atoms with Crippen molar-refractivity contribution in [3.63, 3.8) is 0 Å². The molecule has 0 saturated heterocycles. The number of carboxylic acid groups (broad SMARTS) is 1. The maximum atomic E-state index is 10.6. The zero-order valence-electron chi connectivity index (χ0n) is 7.42. The minimum absolute atomic E-state index is 0.319. The first-order valence-electron chi connectivity index (χ1n) is 3.87. The van der Waals surface area contributed by atoms with Crippen molar-refractivity contribution in [2.75, 3.05) is 0 Å². The highest BCUT2D eigenvalue weighted by atomic mass is 79.9. The summed E-state index contributed by atoms with van der Waals surface area (Å²) in [5.41, 5.74) is 1.18. The minimum Gasteiger partial charge on any atom is -0.478 e. The van der Waals surface area contributed by atoms with E-state index in [1.807, 2.05) is 18.2 Å². The molecular weight excluding hydrogens is 312 g/mol. The van der Waals surface area contributed by atoms with Crippen molar-refractivity contribution < 1.29 is 9.90 Å². The zero-order valence-corrected chi connectivity index (χ0v) is 10.6. The number of aliphatic carboxylic acids is 1. The van der Waals surface area contributed by atoms with Gasteiger partial charge in [-0.3, -0.25) is 0 Å². The fraction of sp³-hybridized carbons (Fsp3) is 0.100. The van der Waals surface area contributed by atoms with Crippen molar-refractivity contribution in [3.8, 4) is 0 Å². The maximum Gasteiger partial charge on any atom is 0.331 e. The van der Waals surface area contributed by atoms with Crippen LogP contribution in [-0.2, 0) is 4.79 Å². The first-order chi connectivity index (χ1) is 6.50. The summed E-state index contributed by atoms with van der Waals surface area (Å²) in [6.45, 7) is 1.57. The molecule has 0 aliphatic rings. The van der Waals surface area contributed by atoms with Gasteiger partial charge in [0.15, 0.2) is 0 Å². The van der Waals surface area contributed by atoms with Crippen LogP contribution in [0.15, 0.2) is 32.7 Å². The van der Waals surface area contributed by atoms with Gasteiger partial charge in [0.2, 0.25) is 0 Å². The van der Waals surface area contributed by atoms with Gasteiger partial charge in [0, 0.05) is 14.5 Å². The molecule has 0 fully saturated rings. The third-order valence-electron chi connectivity index (χ3n) is 1.66. The molecule has 0 aromatic heterocycles. The highest BCUT2D eigenvalue weighted by molar-refractivity contribution is 9.13. The predicted octanol–water partition coefficient (Wildman–Crippen LogP) is 3.70. The van der Waals surface area contributed by atoms with Crippen molar-refractivity contribution in [2.24, 2.45) is 0 Å². The summed E-state index contributed by atoms with van der Waals surface area (Å²) in [4.78, 5) is 10.6. The Morgan fingerprint density at radius 1 is 1.36 bits per heavy atom. The predicted molar refractivity (Wildman–Crippen MR) is 63.1 cm³/mol. The first kappa shape index (κ1) is 11.5. The van der Waals surface area contributed by atoms with Gasteiger partial charge in [0.05, 0.1) is 0 Å². The van der Waals surface area contributed by atoms with E-state index in [9.17, 15) is 4.79 Å². The summed E-state index contributed by atoms with van der Waals surface area (Å²) in [5.74, 6) is -0.899. The number of carbonyl (C=O) groups is 1. The molecule has 1 rings (SSSR count). The molecule has 0 spiro atoms. The van der Waals surface area contributed by atoms with Crippen molar-refractivity contribution in [1.82, 2.24) is 0 Å². The molecule has 0 aliphatic heterocycles. The molecule has 0 unspecified atom stereocenters. The van der Waals surface area contributed by atoms with Gasteiger partial charge >= 0.3 is 5.97 Å². The van der Waals surface area contributed by atoms with Gasteiger partial charge in [-0.05, 0) is 62.6 Å². The molecule has 1 aromatic carbocycles. The largest absolute Gasteiger partial charge is 0.478 e. The Labute approximate surface area is 98.9 Å². The van der Waals surface area contributed by atoms with Gasteiger partial charge in [-0.2, -0.15) is 0 Å². The molecule has 1 N–H and O–H groups in total. The molecular formula is C10H8Br2O2. The van der Waals surface area contributed by atoms with E-state index in [2.05, 4.69) is 31.9 Å². The molecule has 0 atom stereocenters. The molecule has 1 aromatic rings. The van der Waals surface area contributed by atoms with E-state index in [1.165, 1.54) is 0 Å². The summed E-state index contributed by atoms with van der Waals surface area (Å²) in [7, 11) is 0. The van der Waals surface area contributed by atoms with Crippen LogP contribution < -0.4 is 0 Å². The first-order valence-corrected chi connectivity index (χ1v) is 5.46. The summed E-state index contributed by atoms with van der Waals surface area (Å²) in [6, 6.07) is 5.57. The molecule has 4 heteroatoms. The van der Waals surface area contributed by atoms with Gasteiger partial charge in [-0.1, -0.05) is 6.07 Å². The van der Waals surface area contributed by atoms with E-state index in [4.69, 9.17) is 5.11 Å². The normalized spacial score (nSPS) is 11.5. The Balaban J connectivity index is 3.04. The molecule has 0 heterocycles. The van der Waals surface area contributed by atoms with Crippen LogP contribution in [0.25, 0.3) is 6.08 Å². The highest BCUT2D eigenvalue weighted by Crippen LogP contribution is 2.24. The van der Waals surface area contributed by atoms with Gasteiger partial charge in [0.25, 0.3) is 0 Å². The standard InChI is InChI=1S/C10H8Br2O2/c1-6(10(13)14)4-7-2-3-8(11)9(12)5-7/h2-5H,1H3,(H,13,14)/b6-4-. The second kappa shape index (κ2) is 4.75. The summed E-state index contributed by atoms with van der Waals surface area (Å²) in [5, 5.41) is 8.68. The fourth-order valence-electron chi connectivity index (χ4n) is 0.914. The van der Waals surface area contributed by atoms with E-state index in [1.54, 1.807) is 13.0 Å². The lowest BCUT2D eigenvalue weighted by Gasteiger charge is -1.99. The minimum atomic E-state index is -0.899. The average molecular weight is 320 g/mol. The number of halogens is 2. The maximum absolute atomic E-state index is 10.6. The highest BCUT2D eigenvalue weighted by Gasteiger charge is 2.01. The Bertz CT molecular complexity index is 397. The lowest BCUT2D eigenvalue weighted by Crippen LogP contribution is -1.95. The average Bonchev–Trinajstić information content (AvgIpc) is 2.11.